The maximum absolute atomic E-state index is 12.9. The van der Waals surface area contributed by atoms with Crippen molar-refractivity contribution >= 4 is 40.0 Å². The quantitative estimate of drug-likeness (QED) is 0.302. The zero-order valence-electron chi connectivity index (χ0n) is 18.0. The number of fused-ring (bicyclic) bond motifs is 3. The summed E-state index contributed by atoms with van der Waals surface area (Å²) in [5.41, 5.74) is 3.52. The number of aromatic nitrogens is 6. The first-order valence-electron chi connectivity index (χ1n) is 10.9. The smallest absolute Gasteiger partial charge is 0.236 e. The van der Waals surface area contributed by atoms with Crippen molar-refractivity contribution in [2.75, 3.05) is 11.1 Å². The zero-order chi connectivity index (χ0) is 22.4. The second kappa shape index (κ2) is 8.00. The van der Waals surface area contributed by atoms with Gasteiger partial charge in [0, 0.05) is 17.4 Å². The Hall–Kier alpha value is -3.72. The molecule has 0 spiro atoms. The average Bonchev–Trinajstić information content (AvgIpc) is 3.48. The molecule has 0 radical (unpaired) electrons. The third-order valence-electron chi connectivity index (χ3n) is 5.58. The molecule has 6 rings (SSSR count). The molecule has 1 amide bonds. The number of amides is 1. The van der Waals surface area contributed by atoms with Crippen molar-refractivity contribution in [1.82, 2.24) is 29.4 Å². The summed E-state index contributed by atoms with van der Waals surface area (Å²) in [6.07, 6.45) is 2.30. The number of nitrogens with one attached hydrogen (secondary N) is 1. The molecule has 1 aliphatic carbocycles. The average molecular weight is 456 g/mol. The number of aryl methyl sites for hydroxylation is 1. The Labute approximate surface area is 194 Å². The Morgan fingerprint density at radius 3 is 2.67 bits per heavy atom. The molecule has 164 valence electrons. The van der Waals surface area contributed by atoms with Gasteiger partial charge in [-0.15, -0.1) is 5.10 Å². The van der Waals surface area contributed by atoms with Gasteiger partial charge in [0.05, 0.1) is 22.7 Å². The van der Waals surface area contributed by atoms with E-state index in [2.05, 4.69) is 15.4 Å². The Morgan fingerprint density at radius 2 is 1.85 bits per heavy atom. The summed E-state index contributed by atoms with van der Waals surface area (Å²) in [6, 6.07) is 19.7. The van der Waals surface area contributed by atoms with Crippen molar-refractivity contribution in [2.45, 2.75) is 30.8 Å². The number of benzene rings is 2. The van der Waals surface area contributed by atoms with Crippen LogP contribution in [0.5, 0.6) is 0 Å². The van der Waals surface area contributed by atoms with Crippen molar-refractivity contribution in [1.29, 1.82) is 0 Å². The summed E-state index contributed by atoms with van der Waals surface area (Å²) in [7, 11) is 0. The van der Waals surface area contributed by atoms with Gasteiger partial charge in [-0.1, -0.05) is 42.1 Å². The van der Waals surface area contributed by atoms with Gasteiger partial charge in [0.1, 0.15) is 11.6 Å². The number of carbonyl (C=O) groups is 1. The molecule has 8 nitrogen and oxygen atoms in total. The second-order valence-electron chi connectivity index (χ2n) is 8.12. The topological polar surface area (TPSA) is 90.0 Å². The number of carbonyl (C=O) groups excluding carboxylic acids is 1. The summed E-state index contributed by atoms with van der Waals surface area (Å²) in [5, 5.41) is 13.8. The van der Waals surface area contributed by atoms with Gasteiger partial charge in [-0.25, -0.2) is 14.6 Å². The molecule has 1 fully saturated rings. The van der Waals surface area contributed by atoms with Gasteiger partial charge < -0.3 is 5.32 Å². The molecule has 3 heterocycles. The van der Waals surface area contributed by atoms with Crippen LogP contribution in [0.25, 0.3) is 22.2 Å². The number of rotatable bonds is 6. The van der Waals surface area contributed by atoms with Crippen LogP contribution in [0, 0.1) is 6.92 Å². The minimum atomic E-state index is -0.126. The maximum Gasteiger partial charge on any atom is 0.236 e. The van der Waals surface area contributed by atoms with Crippen LogP contribution in [-0.4, -0.2) is 41.0 Å². The van der Waals surface area contributed by atoms with E-state index in [1.165, 1.54) is 11.8 Å². The molecule has 33 heavy (non-hydrogen) atoms. The molecule has 0 unspecified atom stereocenters. The first-order chi connectivity index (χ1) is 16.2. The summed E-state index contributed by atoms with van der Waals surface area (Å²) >= 11 is 1.34. The molecular formula is C24H21N7OS. The van der Waals surface area contributed by atoms with Crippen molar-refractivity contribution in [3.8, 4) is 5.69 Å². The molecule has 2 aromatic carbocycles. The monoisotopic (exact) mass is 455 g/mol. The summed E-state index contributed by atoms with van der Waals surface area (Å²) in [6.45, 7) is 1.85. The molecule has 9 heteroatoms. The lowest BCUT2D eigenvalue weighted by Crippen LogP contribution is -2.17. The molecule has 0 bridgehead atoms. The first kappa shape index (κ1) is 19.9. The van der Waals surface area contributed by atoms with Crippen LogP contribution < -0.4 is 5.32 Å². The van der Waals surface area contributed by atoms with Crippen molar-refractivity contribution in [3.05, 3.63) is 72.2 Å². The van der Waals surface area contributed by atoms with E-state index < -0.39 is 0 Å². The molecule has 5 aromatic rings. The largest absolute Gasteiger partial charge is 0.310 e. The van der Waals surface area contributed by atoms with E-state index in [9.17, 15) is 4.79 Å². The highest BCUT2D eigenvalue weighted by Crippen LogP contribution is 2.40. The third-order valence-corrected chi connectivity index (χ3v) is 6.51. The van der Waals surface area contributed by atoms with E-state index >= 15 is 0 Å². The van der Waals surface area contributed by atoms with E-state index in [0.29, 0.717) is 22.7 Å². The van der Waals surface area contributed by atoms with Crippen LogP contribution in [0.3, 0.4) is 0 Å². The van der Waals surface area contributed by atoms with Crippen LogP contribution in [-0.2, 0) is 4.79 Å². The van der Waals surface area contributed by atoms with E-state index in [-0.39, 0.29) is 11.7 Å². The lowest BCUT2D eigenvalue weighted by atomic mass is 10.2. The van der Waals surface area contributed by atoms with E-state index in [0.717, 1.165) is 40.8 Å². The van der Waals surface area contributed by atoms with Crippen molar-refractivity contribution in [3.63, 3.8) is 0 Å². The fourth-order valence-corrected chi connectivity index (χ4v) is 4.61. The van der Waals surface area contributed by atoms with Gasteiger partial charge in [-0.2, -0.15) is 9.61 Å². The molecule has 1 aliphatic rings. The van der Waals surface area contributed by atoms with Gasteiger partial charge in [0.2, 0.25) is 5.91 Å². The standard InChI is InChI=1S/C24H21N7OS/c1-15-25-23-18-9-5-6-10-19(18)26-24(31(23)28-15)33-14-22(32)27-21-13-20(16-11-12-16)29-30(21)17-7-3-2-4-8-17/h2-10,13,16H,11-12,14H2,1H3,(H,27,32). The minimum absolute atomic E-state index is 0.126. The van der Waals surface area contributed by atoms with Gasteiger partial charge in [-0.05, 0) is 44.0 Å². The highest BCUT2D eigenvalue weighted by Gasteiger charge is 2.28. The van der Waals surface area contributed by atoms with E-state index in [1.807, 2.05) is 72.3 Å². The van der Waals surface area contributed by atoms with Crippen LogP contribution in [0.1, 0.15) is 30.3 Å². The Morgan fingerprint density at radius 1 is 1.06 bits per heavy atom. The van der Waals surface area contributed by atoms with Crippen LogP contribution >= 0.6 is 11.8 Å². The molecule has 0 saturated heterocycles. The number of thioether (sulfide) groups is 1. The fourth-order valence-electron chi connectivity index (χ4n) is 3.87. The molecule has 0 aliphatic heterocycles. The lowest BCUT2D eigenvalue weighted by molar-refractivity contribution is -0.113. The van der Waals surface area contributed by atoms with Gasteiger partial charge in [0.25, 0.3) is 0 Å². The van der Waals surface area contributed by atoms with Gasteiger partial charge >= 0.3 is 0 Å². The summed E-state index contributed by atoms with van der Waals surface area (Å²) in [5.74, 6) is 1.91. The number of para-hydroxylation sites is 2. The Kier molecular flexibility index (Phi) is 4.83. The highest BCUT2D eigenvalue weighted by molar-refractivity contribution is 7.99. The minimum Gasteiger partial charge on any atom is -0.310 e. The number of nitrogens with zero attached hydrogens (tertiary/aromatic N) is 6. The van der Waals surface area contributed by atoms with Crippen LogP contribution in [0.2, 0.25) is 0 Å². The molecule has 1 N–H and O–H groups in total. The first-order valence-corrected chi connectivity index (χ1v) is 11.8. The van der Waals surface area contributed by atoms with Crippen LogP contribution in [0.4, 0.5) is 5.82 Å². The zero-order valence-corrected chi connectivity index (χ0v) is 18.8. The SMILES string of the molecule is Cc1nc2c3ccccc3nc(SCC(=O)Nc3cc(C4CC4)nn3-c3ccccc3)n2n1. The Balaban J connectivity index is 1.26. The normalized spacial score (nSPS) is 13.6. The lowest BCUT2D eigenvalue weighted by Gasteiger charge is -2.09. The maximum atomic E-state index is 12.9. The predicted molar refractivity (Wildman–Crippen MR) is 128 cm³/mol. The number of anilines is 1. The number of hydrogen-bond donors (Lipinski definition) is 1. The molecule has 1 saturated carbocycles. The molecular weight excluding hydrogens is 434 g/mol. The fraction of sp³-hybridized carbons (Fsp3) is 0.208. The Bertz CT molecular complexity index is 1490. The van der Waals surface area contributed by atoms with E-state index in [1.54, 1.807) is 4.52 Å². The summed E-state index contributed by atoms with van der Waals surface area (Å²) < 4.78 is 3.53. The second-order valence-corrected chi connectivity index (χ2v) is 9.06. The number of hydrogen-bond acceptors (Lipinski definition) is 6. The van der Waals surface area contributed by atoms with Gasteiger partial charge in [-0.3, -0.25) is 4.79 Å². The van der Waals surface area contributed by atoms with Crippen LogP contribution in [0.15, 0.2) is 65.8 Å². The molecule has 0 atom stereocenters. The highest BCUT2D eigenvalue weighted by atomic mass is 32.2. The predicted octanol–water partition coefficient (Wildman–Crippen LogP) is 4.38. The summed E-state index contributed by atoms with van der Waals surface area (Å²) in [4.78, 5) is 22.2. The molecule has 3 aromatic heterocycles. The van der Waals surface area contributed by atoms with Crippen molar-refractivity contribution in [2.24, 2.45) is 0 Å². The van der Waals surface area contributed by atoms with E-state index in [4.69, 9.17) is 10.1 Å². The van der Waals surface area contributed by atoms with Gasteiger partial charge in [0.15, 0.2) is 10.8 Å². The van der Waals surface area contributed by atoms with Crippen molar-refractivity contribution < 1.29 is 4.79 Å². The third kappa shape index (κ3) is 3.84.